The van der Waals surface area contributed by atoms with Gasteiger partial charge in [0.25, 0.3) is 11.1 Å². The maximum atomic E-state index is 5.93. The number of fused-ring (bicyclic) bond motifs is 1. The van der Waals surface area contributed by atoms with Gasteiger partial charge in [0.1, 0.15) is 0 Å². The third-order valence-corrected chi connectivity index (χ3v) is 7.46. The summed E-state index contributed by atoms with van der Waals surface area (Å²) in [6, 6.07) is 10.2. The fourth-order valence-electron chi connectivity index (χ4n) is 3.58. The number of thiophene rings is 1. The van der Waals surface area contributed by atoms with Gasteiger partial charge in [0, 0.05) is 10.4 Å². The van der Waals surface area contributed by atoms with Crippen LogP contribution in [0.25, 0.3) is 22.2 Å². The predicted molar refractivity (Wildman–Crippen MR) is 118 cm³/mol. The molecule has 0 bridgehead atoms. The summed E-state index contributed by atoms with van der Waals surface area (Å²) in [7, 11) is 0. The average Bonchev–Trinajstić information content (AvgIpc) is 3.47. The molecule has 0 saturated carbocycles. The van der Waals surface area contributed by atoms with Crippen LogP contribution in [0.4, 0.5) is 0 Å². The Morgan fingerprint density at radius 1 is 1.07 bits per heavy atom. The molecule has 154 valence electrons. The highest BCUT2D eigenvalue weighted by molar-refractivity contribution is 7.99. The minimum atomic E-state index is -0.0950. The lowest BCUT2D eigenvalue weighted by Crippen LogP contribution is -2.07. The minimum absolute atomic E-state index is 0.0950. The van der Waals surface area contributed by atoms with Gasteiger partial charge in [-0.05, 0) is 62.8 Å². The van der Waals surface area contributed by atoms with Crippen LogP contribution in [0, 0.1) is 12.8 Å². The van der Waals surface area contributed by atoms with Crippen molar-refractivity contribution in [1.29, 1.82) is 0 Å². The molecule has 30 heavy (non-hydrogen) atoms. The Labute approximate surface area is 183 Å². The van der Waals surface area contributed by atoms with Crippen LogP contribution in [-0.2, 0) is 12.8 Å². The Hall–Kier alpha value is -2.45. The van der Waals surface area contributed by atoms with Crippen LogP contribution in [0.1, 0.15) is 47.4 Å². The Morgan fingerprint density at radius 2 is 1.87 bits per heavy atom. The van der Waals surface area contributed by atoms with E-state index in [9.17, 15) is 0 Å². The summed E-state index contributed by atoms with van der Waals surface area (Å²) in [5, 5.41) is 17.3. The van der Waals surface area contributed by atoms with Crippen LogP contribution in [-0.4, -0.2) is 20.4 Å². The van der Waals surface area contributed by atoms with E-state index in [2.05, 4.69) is 33.4 Å². The van der Waals surface area contributed by atoms with E-state index >= 15 is 0 Å². The fraction of sp³-hybridized carbons (Fsp3) is 0.364. The third kappa shape index (κ3) is 3.94. The van der Waals surface area contributed by atoms with Gasteiger partial charge in [-0.25, -0.2) is 0 Å². The van der Waals surface area contributed by atoms with E-state index in [-0.39, 0.29) is 5.25 Å². The van der Waals surface area contributed by atoms with Crippen molar-refractivity contribution in [2.24, 2.45) is 5.92 Å². The zero-order valence-corrected chi connectivity index (χ0v) is 18.7. The van der Waals surface area contributed by atoms with Crippen LogP contribution in [0.5, 0.6) is 0 Å². The molecule has 1 aliphatic carbocycles. The van der Waals surface area contributed by atoms with Gasteiger partial charge in [-0.3, -0.25) is 0 Å². The second kappa shape index (κ2) is 8.00. The molecule has 0 N–H and O–H groups in total. The highest BCUT2D eigenvalue weighted by Crippen LogP contribution is 2.39. The Kier molecular flexibility index (Phi) is 5.20. The van der Waals surface area contributed by atoms with Gasteiger partial charge >= 0.3 is 0 Å². The monoisotopic (exact) mass is 438 g/mol. The van der Waals surface area contributed by atoms with Crippen molar-refractivity contribution in [3.63, 3.8) is 0 Å². The molecule has 1 aliphatic rings. The summed E-state index contributed by atoms with van der Waals surface area (Å²) in [5.41, 5.74) is 3.53. The van der Waals surface area contributed by atoms with Crippen LogP contribution in [0.3, 0.4) is 0 Å². The Bertz CT molecular complexity index is 1160. The summed E-state index contributed by atoms with van der Waals surface area (Å²) in [6.45, 7) is 6.35. The Balaban J connectivity index is 1.29. The topological polar surface area (TPSA) is 77.8 Å². The minimum Gasteiger partial charge on any atom is -0.419 e. The lowest BCUT2D eigenvalue weighted by atomic mass is 9.90. The van der Waals surface area contributed by atoms with E-state index in [1.54, 1.807) is 11.3 Å². The maximum Gasteiger partial charge on any atom is 0.277 e. The Morgan fingerprint density at radius 3 is 2.70 bits per heavy atom. The molecule has 8 heteroatoms. The number of aryl methyl sites for hydroxylation is 2. The van der Waals surface area contributed by atoms with E-state index in [1.165, 1.54) is 34.2 Å². The number of aromatic nitrogens is 4. The third-order valence-electron chi connectivity index (χ3n) is 5.31. The van der Waals surface area contributed by atoms with Gasteiger partial charge in [-0.1, -0.05) is 36.4 Å². The predicted octanol–water partition coefficient (Wildman–Crippen LogP) is 6.13. The van der Waals surface area contributed by atoms with Gasteiger partial charge in [-0.15, -0.1) is 31.7 Å². The molecule has 0 radical (unpaired) electrons. The molecule has 3 aromatic heterocycles. The largest absolute Gasteiger partial charge is 0.419 e. The molecule has 4 aromatic rings. The van der Waals surface area contributed by atoms with Crippen LogP contribution in [0.2, 0.25) is 0 Å². The van der Waals surface area contributed by atoms with Crippen LogP contribution < -0.4 is 0 Å². The first-order chi connectivity index (χ1) is 14.5. The first-order valence-electron chi connectivity index (χ1n) is 10.1. The van der Waals surface area contributed by atoms with Crippen molar-refractivity contribution in [2.45, 2.75) is 50.5 Å². The van der Waals surface area contributed by atoms with Crippen molar-refractivity contribution in [2.75, 3.05) is 0 Å². The van der Waals surface area contributed by atoms with Gasteiger partial charge < -0.3 is 8.83 Å². The summed E-state index contributed by atoms with van der Waals surface area (Å²) in [6.07, 6.45) is 3.54. The SMILES string of the molecule is Cc1ccc(-c2nnc(C(C)Sc3nnc(-c4cc5c(s4)CCC(C)C5)o3)o2)cc1. The van der Waals surface area contributed by atoms with E-state index in [0.717, 1.165) is 29.2 Å². The summed E-state index contributed by atoms with van der Waals surface area (Å²) in [4.78, 5) is 2.51. The molecule has 0 amide bonds. The van der Waals surface area contributed by atoms with Gasteiger partial charge in [-0.2, -0.15) is 0 Å². The van der Waals surface area contributed by atoms with Gasteiger partial charge in [0.2, 0.25) is 11.8 Å². The number of rotatable bonds is 5. The summed E-state index contributed by atoms with van der Waals surface area (Å²) < 4.78 is 11.8. The van der Waals surface area contributed by atoms with E-state index in [0.29, 0.717) is 22.9 Å². The summed E-state index contributed by atoms with van der Waals surface area (Å²) in [5.74, 6) is 2.38. The standard InChI is InChI=1S/C22H22N4O2S2/c1-12-4-7-15(8-5-12)20-24-23-19(27-20)14(3)29-22-26-25-21(28-22)18-11-16-10-13(2)6-9-17(16)30-18/h4-5,7-8,11,13-14H,6,9-10H2,1-3H3. The average molecular weight is 439 g/mol. The van der Waals surface area contributed by atoms with Crippen LogP contribution >= 0.6 is 23.1 Å². The van der Waals surface area contributed by atoms with Crippen LogP contribution in [0.15, 0.2) is 44.4 Å². The quantitative estimate of drug-likeness (QED) is 0.347. The fourth-order valence-corrected chi connectivity index (χ4v) is 5.42. The molecule has 2 atom stereocenters. The van der Waals surface area contributed by atoms with Gasteiger partial charge in [0.05, 0.1) is 10.1 Å². The number of benzene rings is 1. The first kappa shape index (κ1) is 19.5. The maximum absolute atomic E-state index is 5.93. The molecule has 6 nitrogen and oxygen atoms in total. The zero-order chi connectivity index (χ0) is 20.7. The molecule has 5 rings (SSSR count). The molecule has 3 heterocycles. The number of hydrogen-bond donors (Lipinski definition) is 0. The molecule has 0 saturated heterocycles. The lowest BCUT2D eigenvalue weighted by molar-refractivity contribution is 0.462. The van der Waals surface area contributed by atoms with Crippen molar-refractivity contribution in [3.8, 4) is 22.2 Å². The molecule has 0 spiro atoms. The molecule has 0 fully saturated rings. The number of thioether (sulfide) groups is 1. The highest BCUT2D eigenvalue weighted by Gasteiger charge is 2.23. The van der Waals surface area contributed by atoms with E-state index < -0.39 is 0 Å². The molecule has 0 aliphatic heterocycles. The van der Waals surface area contributed by atoms with Gasteiger partial charge in [0.15, 0.2) is 0 Å². The molecule has 1 aromatic carbocycles. The van der Waals surface area contributed by atoms with Crippen molar-refractivity contribution in [3.05, 3.63) is 52.2 Å². The van der Waals surface area contributed by atoms with E-state index in [4.69, 9.17) is 8.83 Å². The second-order valence-corrected chi connectivity index (χ2v) is 10.3. The van der Waals surface area contributed by atoms with Crippen molar-refractivity contribution >= 4 is 23.1 Å². The number of hydrogen-bond acceptors (Lipinski definition) is 8. The first-order valence-corrected chi connectivity index (χ1v) is 11.8. The lowest BCUT2D eigenvalue weighted by Gasteiger charge is -2.16. The van der Waals surface area contributed by atoms with E-state index in [1.807, 2.05) is 38.1 Å². The summed E-state index contributed by atoms with van der Waals surface area (Å²) >= 11 is 3.20. The smallest absolute Gasteiger partial charge is 0.277 e. The number of nitrogens with zero attached hydrogens (tertiary/aromatic N) is 4. The molecule has 2 unspecified atom stereocenters. The highest BCUT2D eigenvalue weighted by atomic mass is 32.2. The van der Waals surface area contributed by atoms with Crippen molar-refractivity contribution in [1.82, 2.24) is 20.4 Å². The molecular formula is C22H22N4O2S2. The molecular weight excluding hydrogens is 416 g/mol. The zero-order valence-electron chi connectivity index (χ0n) is 17.1. The second-order valence-electron chi connectivity index (χ2n) is 7.85. The van der Waals surface area contributed by atoms with Crippen molar-refractivity contribution < 1.29 is 8.83 Å². The normalized spacial score (nSPS) is 17.1.